The summed E-state index contributed by atoms with van der Waals surface area (Å²) in [5, 5.41) is 3.02. The number of carbonyl (C=O) groups is 2. The molecule has 9 heteroatoms. The highest BCUT2D eigenvalue weighted by Gasteiger charge is 2.32. The predicted octanol–water partition coefficient (Wildman–Crippen LogP) is 3.79. The number of anilines is 1. The number of nitrogens with one attached hydrogen (secondary N) is 2. The SMILES string of the molecule is COc1cc(NC(=O)C2CCC(n3c(=O)[nH]c4c(C(=O)N5CC[C@H](N(C)C)C5)cccc43)CC2)ccc1C. The number of fused-ring (bicyclic) bond motifs is 1. The van der Waals surface area contributed by atoms with Crippen LogP contribution in [0, 0.1) is 12.8 Å². The Labute approximate surface area is 222 Å². The van der Waals surface area contributed by atoms with Crippen molar-refractivity contribution in [2.45, 2.75) is 51.1 Å². The molecule has 1 aliphatic carbocycles. The molecule has 1 aromatic heterocycles. The number of ether oxygens (including phenoxy) is 1. The number of rotatable bonds is 6. The van der Waals surface area contributed by atoms with Gasteiger partial charge in [0.25, 0.3) is 5.91 Å². The Balaban J connectivity index is 1.29. The number of H-pyrrole nitrogens is 1. The molecular weight excluding hydrogens is 482 g/mol. The number of imidazole rings is 1. The van der Waals surface area contributed by atoms with E-state index in [1.54, 1.807) is 17.7 Å². The van der Waals surface area contributed by atoms with E-state index in [-0.39, 0.29) is 29.5 Å². The maximum absolute atomic E-state index is 13.4. The Kier molecular flexibility index (Phi) is 7.29. The van der Waals surface area contributed by atoms with Gasteiger partial charge in [0.2, 0.25) is 5.91 Å². The van der Waals surface area contributed by atoms with Gasteiger partial charge >= 0.3 is 5.69 Å². The van der Waals surface area contributed by atoms with E-state index in [0.717, 1.165) is 41.8 Å². The summed E-state index contributed by atoms with van der Waals surface area (Å²) in [4.78, 5) is 46.4. The van der Waals surface area contributed by atoms with Crippen molar-refractivity contribution in [1.29, 1.82) is 0 Å². The molecule has 9 nitrogen and oxygen atoms in total. The fourth-order valence-corrected chi connectivity index (χ4v) is 5.95. The molecule has 5 rings (SSSR count). The lowest BCUT2D eigenvalue weighted by Crippen LogP contribution is -2.34. The summed E-state index contributed by atoms with van der Waals surface area (Å²) >= 11 is 0. The van der Waals surface area contributed by atoms with Gasteiger partial charge in [0.15, 0.2) is 0 Å². The van der Waals surface area contributed by atoms with E-state index in [9.17, 15) is 14.4 Å². The van der Waals surface area contributed by atoms with E-state index in [2.05, 4.69) is 15.2 Å². The zero-order valence-electron chi connectivity index (χ0n) is 22.6. The van der Waals surface area contributed by atoms with Crippen molar-refractivity contribution in [3.8, 4) is 5.75 Å². The van der Waals surface area contributed by atoms with Gasteiger partial charge in [0.1, 0.15) is 5.75 Å². The quantitative estimate of drug-likeness (QED) is 0.516. The van der Waals surface area contributed by atoms with Gasteiger partial charge < -0.3 is 24.8 Å². The van der Waals surface area contributed by atoms with Crippen LogP contribution in [-0.4, -0.2) is 71.5 Å². The highest BCUT2D eigenvalue weighted by Crippen LogP contribution is 2.34. The minimum absolute atomic E-state index is 0.00449. The number of hydrogen-bond acceptors (Lipinski definition) is 5. The van der Waals surface area contributed by atoms with Crippen molar-refractivity contribution >= 4 is 28.5 Å². The molecule has 1 saturated heterocycles. The highest BCUT2D eigenvalue weighted by atomic mass is 16.5. The van der Waals surface area contributed by atoms with E-state index in [1.165, 1.54) is 0 Å². The number of hydrogen-bond donors (Lipinski definition) is 2. The molecule has 38 heavy (non-hydrogen) atoms. The minimum atomic E-state index is -0.201. The average Bonchev–Trinajstić information content (AvgIpc) is 3.54. The Morgan fingerprint density at radius 2 is 1.84 bits per heavy atom. The maximum atomic E-state index is 13.4. The zero-order valence-corrected chi connectivity index (χ0v) is 22.6. The number of aryl methyl sites for hydroxylation is 1. The number of aromatic amines is 1. The summed E-state index contributed by atoms with van der Waals surface area (Å²) < 4.78 is 7.16. The van der Waals surface area contributed by atoms with E-state index >= 15 is 0 Å². The number of benzene rings is 2. The third-order valence-electron chi connectivity index (χ3n) is 8.27. The van der Waals surface area contributed by atoms with Crippen molar-refractivity contribution in [3.63, 3.8) is 0 Å². The fourth-order valence-electron chi connectivity index (χ4n) is 5.95. The summed E-state index contributed by atoms with van der Waals surface area (Å²) in [5.41, 5.74) is 3.43. The number of para-hydroxylation sites is 1. The molecule has 0 bridgehead atoms. The van der Waals surface area contributed by atoms with E-state index in [1.807, 2.05) is 56.3 Å². The monoisotopic (exact) mass is 519 g/mol. The molecule has 0 unspecified atom stereocenters. The van der Waals surface area contributed by atoms with Gasteiger partial charge in [-0.25, -0.2) is 4.79 Å². The Bertz CT molecular complexity index is 1400. The molecule has 2 N–H and O–H groups in total. The van der Waals surface area contributed by atoms with Crippen LogP contribution in [0.4, 0.5) is 5.69 Å². The molecule has 202 valence electrons. The lowest BCUT2D eigenvalue weighted by Gasteiger charge is -2.28. The molecule has 0 radical (unpaired) electrons. The Morgan fingerprint density at radius 1 is 1.08 bits per heavy atom. The summed E-state index contributed by atoms with van der Waals surface area (Å²) in [7, 11) is 5.69. The van der Waals surface area contributed by atoms with Crippen molar-refractivity contribution in [2.75, 3.05) is 39.6 Å². The first-order chi connectivity index (χ1) is 18.3. The van der Waals surface area contributed by atoms with Crippen molar-refractivity contribution in [3.05, 3.63) is 58.0 Å². The van der Waals surface area contributed by atoms with Crippen LogP contribution in [0.1, 0.15) is 54.1 Å². The number of nitrogens with zero attached hydrogens (tertiary/aromatic N) is 3. The third kappa shape index (κ3) is 4.95. The Hall–Kier alpha value is -3.59. The summed E-state index contributed by atoms with van der Waals surface area (Å²) in [6.45, 7) is 3.36. The molecule has 1 atom stereocenters. The van der Waals surface area contributed by atoms with Crippen LogP contribution in [0.2, 0.25) is 0 Å². The standard InChI is InChI=1S/C29H37N5O4/c1-18-8-11-20(16-25(18)38-4)30-27(35)19-9-12-21(13-10-19)34-24-7-5-6-23(26(24)31-29(34)37)28(36)33-15-14-22(17-33)32(2)3/h5-8,11,16,19,21-22H,9-10,12-15,17H2,1-4H3,(H,30,35)(H,31,37)/t19?,21?,22-/m0/s1. The number of likely N-dealkylation sites (tertiary alicyclic amines) is 1. The van der Waals surface area contributed by atoms with Crippen LogP contribution in [0.3, 0.4) is 0 Å². The van der Waals surface area contributed by atoms with Gasteiger partial charge in [-0.05, 0) is 76.9 Å². The van der Waals surface area contributed by atoms with E-state index in [0.29, 0.717) is 43.1 Å². The molecule has 1 saturated carbocycles. The second kappa shape index (κ2) is 10.6. The summed E-state index contributed by atoms with van der Waals surface area (Å²) in [6, 6.07) is 11.5. The lowest BCUT2D eigenvalue weighted by atomic mass is 9.85. The largest absolute Gasteiger partial charge is 0.496 e. The molecule has 2 aliphatic rings. The minimum Gasteiger partial charge on any atom is -0.496 e. The molecule has 2 aromatic carbocycles. The lowest BCUT2D eigenvalue weighted by molar-refractivity contribution is -0.121. The number of carbonyl (C=O) groups excluding carboxylic acids is 2. The average molecular weight is 520 g/mol. The normalized spacial score (nSPS) is 21.7. The fraction of sp³-hybridized carbons (Fsp3) is 0.483. The summed E-state index contributed by atoms with van der Waals surface area (Å²) in [5.74, 6) is 0.582. The number of aromatic nitrogens is 2. The Morgan fingerprint density at radius 3 is 2.53 bits per heavy atom. The van der Waals surface area contributed by atoms with Gasteiger partial charge in [-0.1, -0.05) is 12.1 Å². The van der Waals surface area contributed by atoms with Crippen LogP contribution in [-0.2, 0) is 4.79 Å². The first kappa shape index (κ1) is 26.0. The molecule has 2 fully saturated rings. The molecule has 0 spiro atoms. The van der Waals surface area contributed by atoms with E-state index in [4.69, 9.17) is 4.74 Å². The van der Waals surface area contributed by atoms with Crippen LogP contribution < -0.4 is 15.7 Å². The van der Waals surface area contributed by atoms with E-state index < -0.39 is 0 Å². The van der Waals surface area contributed by atoms with Gasteiger partial charge in [-0.2, -0.15) is 0 Å². The molecule has 1 aliphatic heterocycles. The van der Waals surface area contributed by atoms with Gasteiger partial charge in [0.05, 0.1) is 23.7 Å². The van der Waals surface area contributed by atoms with Crippen molar-refractivity contribution in [2.24, 2.45) is 5.92 Å². The maximum Gasteiger partial charge on any atom is 0.326 e. The van der Waals surface area contributed by atoms with Crippen molar-refractivity contribution in [1.82, 2.24) is 19.4 Å². The third-order valence-corrected chi connectivity index (χ3v) is 8.27. The highest BCUT2D eigenvalue weighted by molar-refractivity contribution is 6.05. The molecule has 2 amide bonds. The summed E-state index contributed by atoms with van der Waals surface area (Å²) in [6.07, 6.45) is 3.77. The van der Waals surface area contributed by atoms with Crippen LogP contribution in [0.5, 0.6) is 5.75 Å². The molecule has 2 heterocycles. The number of methoxy groups -OCH3 is 1. The topological polar surface area (TPSA) is 99.7 Å². The smallest absolute Gasteiger partial charge is 0.326 e. The predicted molar refractivity (Wildman–Crippen MR) is 148 cm³/mol. The van der Waals surface area contributed by atoms with Crippen LogP contribution >= 0.6 is 0 Å². The molecular formula is C29H37N5O4. The first-order valence-corrected chi connectivity index (χ1v) is 13.4. The second-order valence-electron chi connectivity index (χ2n) is 10.8. The number of likely N-dealkylation sites (N-methyl/N-ethyl adjacent to an activating group) is 1. The van der Waals surface area contributed by atoms with Gasteiger partial charge in [0, 0.05) is 42.8 Å². The van der Waals surface area contributed by atoms with Gasteiger partial charge in [-0.3, -0.25) is 14.2 Å². The van der Waals surface area contributed by atoms with Crippen molar-refractivity contribution < 1.29 is 14.3 Å². The number of amides is 2. The van der Waals surface area contributed by atoms with Crippen LogP contribution in [0.15, 0.2) is 41.2 Å². The first-order valence-electron chi connectivity index (χ1n) is 13.4. The molecule has 3 aromatic rings. The zero-order chi connectivity index (χ0) is 27.0. The van der Waals surface area contributed by atoms with Gasteiger partial charge in [-0.15, -0.1) is 0 Å². The second-order valence-corrected chi connectivity index (χ2v) is 10.8. The van der Waals surface area contributed by atoms with Crippen LogP contribution in [0.25, 0.3) is 11.0 Å².